The maximum absolute atomic E-state index is 12.1. The SMILES string of the molecule is CC[C@H](C)NC(=O)O[C@@H]1CC[C@H](c2cc(Nc3cnc(CCOC(C)=O)cn3)n(C(C)(C)C)n2)C1. The fourth-order valence-electron chi connectivity index (χ4n) is 3.98. The second-order valence-electron chi connectivity index (χ2n) is 10.1. The van der Waals surface area contributed by atoms with Gasteiger partial charge in [0, 0.05) is 31.4 Å². The molecule has 10 heteroatoms. The number of carbonyl (C=O) groups is 2. The molecule has 192 valence electrons. The van der Waals surface area contributed by atoms with Crippen LogP contribution >= 0.6 is 0 Å². The van der Waals surface area contributed by atoms with E-state index < -0.39 is 0 Å². The first-order chi connectivity index (χ1) is 16.5. The Balaban J connectivity index is 1.66. The van der Waals surface area contributed by atoms with Crippen LogP contribution < -0.4 is 10.6 Å². The average Bonchev–Trinajstić information content (AvgIpc) is 3.41. The van der Waals surface area contributed by atoms with Crippen molar-refractivity contribution < 1.29 is 19.1 Å². The van der Waals surface area contributed by atoms with Crippen LogP contribution in [0.25, 0.3) is 0 Å². The van der Waals surface area contributed by atoms with Crippen molar-refractivity contribution >= 4 is 23.7 Å². The number of hydrogen-bond acceptors (Lipinski definition) is 8. The zero-order valence-electron chi connectivity index (χ0n) is 21.6. The lowest BCUT2D eigenvalue weighted by Gasteiger charge is -2.22. The van der Waals surface area contributed by atoms with Gasteiger partial charge in [-0.1, -0.05) is 6.92 Å². The predicted octanol–water partition coefficient (Wildman–Crippen LogP) is 4.44. The number of nitrogens with one attached hydrogen (secondary N) is 2. The number of carbonyl (C=O) groups excluding carboxylic acids is 2. The Morgan fingerprint density at radius 1 is 1.23 bits per heavy atom. The largest absolute Gasteiger partial charge is 0.465 e. The van der Waals surface area contributed by atoms with Gasteiger partial charge in [0.2, 0.25) is 0 Å². The van der Waals surface area contributed by atoms with Crippen molar-refractivity contribution in [3.05, 3.63) is 29.8 Å². The number of nitrogens with zero attached hydrogens (tertiary/aromatic N) is 4. The van der Waals surface area contributed by atoms with Crippen LogP contribution in [-0.4, -0.2) is 50.6 Å². The number of esters is 1. The molecule has 1 amide bonds. The van der Waals surface area contributed by atoms with Gasteiger partial charge in [-0.25, -0.2) is 14.5 Å². The molecular formula is C25H38N6O4. The van der Waals surface area contributed by atoms with Crippen molar-refractivity contribution in [3.63, 3.8) is 0 Å². The third-order valence-electron chi connectivity index (χ3n) is 6.04. The minimum absolute atomic E-state index is 0.0989. The Morgan fingerprint density at radius 3 is 2.63 bits per heavy atom. The third-order valence-corrected chi connectivity index (χ3v) is 6.04. The molecule has 10 nitrogen and oxygen atoms in total. The van der Waals surface area contributed by atoms with Gasteiger partial charge in [-0.05, 0) is 53.4 Å². The average molecular weight is 487 g/mol. The van der Waals surface area contributed by atoms with Gasteiger partial charge < -0.3 is 20.1 Å². The summed E-state index contributed by atoms with van der Waals surface area (Å²) in [4.78, 5) is 31.9. The summed E-state index contributed by atoms with van der Waals surface area (Å²) in [6, 6.07) is 2.15. The van der Waals surface area contributed by atoms with Gasteiger partial charge in [0.05, 0.1) is 35.9 Å². The zero-order chi connectivity index (χ0) is 25.6. The predicted molar refractivity (Wildman–Crippen MR) is 133 cm³/mol. The van der Waals surface area contributed by atoms with Crippen LogP contribution in [0.15, 0.2) is 18.5 Å². The van der Waals surface area contributed by atoms with Gasteiger partial charge in [0.15, 0.2) is 0 Å². The van der Waals surface area contributed by atoms with E-state index in [4.69, 9.17) is 14.6 Å². The quantitative estimate of drug-likeness (QED) is 0.499. The van der Waals surface area contributed by atoms with Gasteiger partial charge >= 0.3 is 12.1 Å². The minimum atomic E-state index is -0.345. The van der Waals surface area contributed by atoms with Crippen molar-refractivity contribution in [2.45, 2.75) is 97.2 Å². The molecule has 0 radical (unpaired) electrons. The number of aromatic nitrogens is 4. The van der Waals surface area contributed by atoms with E-state index in [0.717, 1.165) is 42.9 Å². The highest BCUT2D eigenvalue weighted by Crippen LogP contribution is 2.37. The molecule has 2 N–H and O–H groups in total. The maximum atomic E-state index is 12.1. The first-order valence-corrected chi connectivity index (χ1v) is 12.3. The van der Waals surface area contributed by atoms with Crippen LogP contribution in [0.1, 0.15) is 84.5 Å². The van der Waals surface area contributed by atoms with Crippen LogP contribution in [0, 0.1) is 0 Å². The molecule has 0 aromatic carbocycles. The van der Waals surface area contributed by atoms with Crippen LogP contribution in [0.3, 0.4) is 0 Å². The summed E-state index contributed by atoms with van der Waals surface area (Å²) in [5.74, 6) is 1.34. The molecule has 1 aliphatic rings. The number of amides is 1. The van der Waals surface area contributed by atoms with Crippen molar-refractivity contribution in [1.82, 2.24) is 25.1 Å². The highest BCUT2D eigenvalue weighted by Gasteiger charge is 2.32. The lowest BCUT2D eigenvalue weighted by molar-refractivity contribution is -0.140. The number of hydrogen-bond donors (Lipinski definition) is 2. The molecule has 0 saturated heterocycles. The van der Waals surface area contributed by atoms with Crippen LogP contribution in [0.2, 0.25) is 0 Å². The Kier molecular flexibility index (Phi) is 8.69. The lowest BCUT2D eigenvalue weighted by atomic mass is 10.0. The normalized spacial score (nSPS) is 18.7. The standard InChI is InChI=1S/C25H38N6O4/c1-7-16(2)28-24(33)35-20-9-8-18(12-20)21-13-23(31(30-21)25(4,5)6)29-22-15-26-19(14-27-22)10-11-34-17(3)32/h13-16,18,20H,7-12H2,1-6H3,(H,27,29)(H,28,33)/t16-,18-,20+/m0/s1. The van der Waals surface area contributed by atoms with E-state index in [1.807, 2.05) is 24.6 Å². The number of anilines is 2. The van der Waals surface area contributed by atoms with E-state index in [1.54, 1.807) is 12.4 Å². The summed E-state index contributed by atoms with van der Waals surface area (Å²) in [7, 11) is 0. The molecule has 3 rings (SSSR count). The topological polar surface area (TPSA) is 120 Å². The number of ether oxygens (including phenoxy) is 2. The van der Waals surface area contributed by atoms with Gasteiger partial charge in [-0.3, -0.25) is 9.78 Å². The summed E-state index contributed by atoms with van der Waals surface area (Å²) in [5.41, 5.74) is 1.47. The van der Waals surface area contributed by atoms with Gasteiger partial charge in [0.25, 0.3) is 0 Å². The summed E-state index contributed by atoms with van der Waals surface area (Å²) in [6.45, 7) is 11.9. The highest BCUT2D eigenvalue weighted by atomic mass is 16.6. The Labute approximate surface area is 207 Å². The molecule has 3 atom stereocenters. The molecule has 1 fully saturated rings. The summed E-state index contributed by atoms with van der Waals surface area (Å²) >= 11 is 0. The zero-order valence-corrected chi connectivity index (χ0v) is 21.6. The molecule has 0 aliphatic heterocycles. The first kappa shape index (κ1) is 26.4. The van der Waals surface area contributed by atoms with Crippen LogP contribution in [0.5, 0.6) is 0 Å². The molecule has 0 unspecified atom stereocenters. The van der Waals surface area contributed by atoms with E-state index in [1.165, 1.54) is 6.92 Å². The Hall–Kier alpha value is -3.17. The molecule has 2 aromatic rings. The van der Waals surface area contributed by atoms with Crippen molar-refractivity contribution in [2.75, 3.05) is 11.9 Å². The molecule has 1 saturated carbocycles. The van der Waals surface area contributed by atoms with E-state index in [9.17, 15) is 9.59 Å². The van der Waals surface area contributed by atoms with Gasteiger partial charge in [-0.2, -0.15) is 5.10 Å². The van der Waals surface area contributed by atoms with Crippen LogP contribution in [-0.2, 0) is 26.2 Å². The fourth-order valence-corrected chi connectivity index (χ4v) is 3.98. The smallest absolute Gasteiger partial charge is 0.407 e. The summed E-state index contributed by atoms with van der Waals surface area (Å²) in [6.07, 6.45) is 6.76. The highest BCUT2D eigenvalue weighted by molar-refractivity contribution is 5.67. The fraction of sp³-hybridized carbons (Fsp3) is 0.640. The molecule has 0 bridgehead atoms. The van der Waals surface area contributed by atoms with Crippen molar-refractivity contribution in [2.24, 2.45) is 0 Å². The van der Waals surface area contributed by atoms with Crippen molar-refractivity contribution in [3.8, 4) is 0 Å². The first-order valence-electron chi connectivity index (χ1n) is 12.3. The summed E-state index contributed by atoms with van der Waals surface area (Å²) < 4.78 is 12.6. The van der Waals surface area contributed by atoms with E-state index in [-0.39, 0.29) is 42.3 Å². The Morgan fingerprint density at radius 2 is 2.00 bits per heavy atom. The molecule has 2 heterocycles. The maximum Gasteiger partial charge on any atom is 0.407 e. The van der Waals surface area contributed by atoms with E-state index >= 15 is 0 Å². The minimum Gasteiger partial charge on any atom is -0.465 e. The van der Waals surface area contributed by atoms with Gasteiger partial charge in [0.1, 0.15) is 17.7 Å². The van der Waals surface area contributed by atoms with E-state index in [0.29, 0.717) is 12.2 Å². The second-order valence-corrected chi connectivity index (χ2v) is 10.1. The summed E-state index contributed by atoms with van der Waals surface area (Å²) in [5, 5.41) is 11.1. The number of rotatable bonds is 9. The number of alkyl carbamates (subject to hydrolysis) is 1. The van der Waals surface area contributed by atoms with Crippen molar-refractivity contribution in [1.29, 1.82) is 0 Å². The Bertz CT molecular complexity index is 998. The lowest BCUT2D eigenvalue weighted by Crippen LogP contribution is -2.34. The molecule has 1 aliphatic carbocycles. The third kappa shape index (κ3) is 7.66. The molecule has 0 spiro atoms. The van der Waals surface area contributed by atoms with Crippen LogP contribution in [0.4, 0.5) is 16.4 Å². The monoisotopic (exact) mass is 486 g/mol. The second kappa shape index (κ2) is 11.5. The molecule has 35 heavy (non-hydrogen) atoms. The molecular weight excluding hydrogens is 448 g/mol. The van der Waals surface area contributed by atoms with E-state index in [2.05, 4.69) is 41.4 Å². The van der Waals surface area contributed by atoms with Gasteiger partial charge in [-0.15, -0.1) is 0 Å². The molecule has 2 aromatic heterocycles.